The van der Waals surface area contributed by atoms with E-state index in [1.165, 1.54) is 7.11 Å². The number of carbonyl (C=O) groups excluding carboxylic acids is 1. The number of methoxy groups -OCH3 is 1. The average Bonchev–Trinajstić information content (AvgIpc) is 2.04. The molecule has 0 fully saturated rings. The van der Waals surface area contributed by atoms with Crippen molar-refractivity contribution in [2.24, 2.45) is 0 Å². The van der Waals surface area contributed by atoms with Crippen LogP contribution in [0.25, 0.3) is 0 Å². The van der Waals surface area contributed by atoms with Gasteiger partial charge < -0.3 is 4.74 Å². The molecule has 0 unspecified atom stereocenters. The topological polar surface area (TPSA) is 26.3 Å². The standard InChI is InChI=1S/C9H16O2/c1-3-4-5-6-7-8-9(10)11-2/h3-4H,5-8H2,1-2H3/b4-3+. The molecule has 0 bridgehead atoms. The highest BCUT2D eigenvalue weighted by molar-refractivity contribution is 5.68. The lowest BCUT2D eigenvalue weighted by Crippen LogP contribution is -1.98. The Morgan fingerprint density at radius 1 is 1.45 bits per heavy atom. The summed E-state index contributed by atoms with van der Waals surface area (Å²) in [5.74, 6) is -0.106. The van der Waals surface area contributed by atoms with Gasteiger partial charge in [-0.2, -0.15) is 0 Å². The minimum absolute atomic E-state index is 0.106. The first-order valence-electron chi connectivity index (χ1n) is 3.99. The van der Waals surface area contributed by atoms with Gasteiger partial charge >= 0.3 is 5.97 Å². The maximum Gasteiger partial charge on any atom is 0.305 e. The predicted octanol–water partition coefficient (Wildman–Crippen LogP) is 2.30. The summed E-state index contributed by atoms with van der Waals surface area (Å²) in [5.41, 5.74) is 0. The third kappa shape index (κ3) is 7.10. The molecule has 64 valence electrons. The molecule has 11 heavy (non-hydrogen) atoms. The van der Waals surface area contributed by atoms with Crippen molar-refractivity contribution < 1.29 is 9.53 Å². The van der Waals surface area contributed by atoms with Gasteiger partial charge in [0, 0.05) is 6.42 Å². The lowest BCUT2D eigenvalue weighted by Gasteiger charge is -1.96. The summed E-state index contributed by atoms with van der Waals surface area (Å²) in [6.07, 6.45) is 7.74. The minimum Gasteiger partial charge on any atom is -0.469 e. The van der Waals surface area contributed by atoms with Gasteiger partial charge in [-0.3, -0.25) is 4.79 Å². The van der Waals surface area contributed by atoms with Crippen LogP contribution >= 0.6 is 0 Å². The number of allylic oxidation sites excluding steroid dienone is 2. The van der Waals surface area contributed by atoms with Gasteiger partial charge in [0.15, 0.2) is 0 Å². The van der Waals surface area contributed by atoms with Crippen molar-refractivity contribution >= 4 is 5.97 Å². The maximum atomic E-state index is 10.6. The van der Waals surface area contributed by atoms with Crippen molar-refractivity contribution in [2.45, 2.75) is 32.6 Å². The summed E-state index contributed by atoms with van der Waals surface area (Å²) in [5, 5.41) is 0. The smallest absolute Gasteiger partial charge is 0.305 e. The van der Waals surface area contributed by atoms with E-state index in [0.717, 1.165) is 19.3 Å². The van der Waals surface area contributed by atoms with E-state index in [1.54, 1.807) is 0 Å². The zero-order valence-electron chi connectivity index (χ0n) is 7.30. The van der Waals surface area contributed by atoms with E-state index in [9.17, 15) is 4.79 Å². The zero-order chi connectivity index (χ0) is 8.53. The van der Waals surface area contributed by atoms with Crippen LogP contribution in [0.3, 0.4) is 0 Å². The minimum atomic E-state index is -0.106. The molecule has 0 saturated heterocycles. The number of unbranched alkanes of at least 4 members (excludes halogenated alkanes) is 2. The first-order chi connectivity index (χ1) is 5.31. The molecule has 0 aromatic rings. The highest BCUT2D eigenvalue weighted by Crippen LogP contribution is 2.01. The van der Waals surface area contributed by atoms with Crippen LogP contribution in [0.1, 0.15) is 32.6 Å². The first kappa shape index (κ1) is 10.2. The Bertz CT molecular complexity index is 128. The molecule has 0 radical (unpaired) electrons. The van der Waals surface area contributed by atoms with E-state index < -0.39 is 0 Å². The molecule has 0 N–H and O–H groups in total. The van der Waals surface area contributed by atoms with Crippen LogP contribution in [0.4, 0.5) is 0 Å². The fourth-order valence-corrected chi connectivity index (χ4v) is 0.800. The molecular formula is C9H16O2. The van der Waals surface area contributed by atoms with Gasteiger partial charge in [-0.1, -0.05) is 12.2 Å². The molecular weight excluding hydrogens is 140 g/mol. The second-order valence-corrected chi connectivity index (χ2v) is 2.39. The van der Waals surface area contributed by atoms with E-state index in [0.29, 0.717) is 6.42 Å². The Balaban J connectivity index is 3.08. The summed E-state index contributed by atoms with van der Waals surface area (Å²) in [7, 11) is 1.42. The van der Waals surface area contributed by atoms with Gasteiger partial charge in [0.05, 0.1) is 7.11 Å². The highest BCUT2D eigenvalue weighted by atomic mass is 16.5. The van der Waals surface area contributed by atoms with E-state index in [1.807, 2.05) is 13.0 Å². The molecule has 0 aliphatic rings. The normalized spacial score (nSPS) is 10.4. The van der Waals surface area contributed by atoms with Crippen LogP contribution < -0.4 is 0 Å². The van der Waals surface area contributed by atoms with Crippen LogP contribution in [0.15, 0.2) is 12.2 Å². The van der Waals surface area contributed by atoms with Crippen molar-refractivity contribution in [3.8, 4) is 0 Å². The van der Waals surface area contributed by atoms with Crippen LogP contribution in [-0.2, 0) is 9.53 Å². The van der Waals surface area contributed by atoms with E-state index in [-0.39, 0.29) is 5.97 Å². The van der Waals surface area contributed by atoms with Crippen molar-refractivity contribution in [1.29, 1.82) is 0 Å². The zero-order valence-corrected chi connectivity index (χ0v) is 7.30. The van der Waals surface area contributed by atoms with Crippen molar-refractivity contribution in [3.05, 3.63) is 12.2 Å². The van der Waals surface area contributed by atoms with Crippen molar-refractivity contribution in [2.75, 3.05) is 7.11 Å². The molecule has 0 aliphatic carbocycles. The van der Waals surface area contributed by atoms with E-state index in [2.05, 4.69) is 10.8 Å². The second-order valence-electron chi connectivity index (χ2n) is 2.39. The molecule has 0 aromatic heterocycles. The van der Waals surface area contributed by atoms with Gasteiger partial charge in [0.1, 0.15) is 0 Å². The summed E-state index contributed by atoms with van der Waals surface area (Å²) in [4.78, 5) is 10.6. The fourth-order valence-electron chi connectivity index (χ4n) is 0.800. The molecule has 0 spiro atoms. The number of carbonyl (C=O) groups is 1. The van der Waals surface area contributed by atoms with Crippen LogP contribution in [0.5, 0.6) is 0 Å². The SMILES string of the molecule is C/C=C/CCCCC(=O)OC. The van der Waals surface area contributed by atoms with Crippen LogP contribution in [-0.4, -0.2) is 13.1 Å². The van der Waals surface area contributed by atoms with Gasteiger partial charge in [-0.25, -0.2) is 0 Å². The van der Waals surface area contributed by atoms with Gasteiger partial charge in [-0.05, 0) is 26.2 Å². The van der Waals surface area contributed by atoms with Gasteiger partial charge in [0.25, 0.3) is 0 Å². The summed E-state index contributed by atoms with van der Waals surface area (Å²) >= 11 is 0. The van der Waals surface area contributed by atoms with E-state index in [4.69, 9.17) is 0 Å². The Hall–Kier alpha value is -0.790. The molecule has 0 rings (SSSR count). The quantitative estimate of drug-likeness (QED) is 0.347. The summed E-state index contributed by atoms with van der Waals surface area (Å²) in [6.45, 7) is 2.00. The largest absolute Gasteiger partial charge is 0.469 e. The molecule has 0 saturated carbocycles. The highest BCUT2D eigenvalue weighted by Gasteiger charge is 1.97. The number of rotatable bonds is 5. The molecule has 0 aliphatic heterocycles. The number of ether oxygens (including phenoxy) is 1. The molecule has 2 nitrogen and oxygen atoms in total. The number of hydrogen-bond acceptors (Lipinski definition) is 2. The van der Waals surface area contributed by atoms with Crippen molar-refractivity contribution in [1.82, 2.24) is 0 Å². The average molecular weight is 156 g/mol. The summed E-state index contributed by atoms with van der Waals surface area (Å²) in [6, 6.07) is 0. The second kappa shape index (κ2) is 7.32. The first-order valence-corrected chi connectivity index (χ1v) is 3.99. The Labute approximate surface area is 68.2 Å². The van der Waals surface area contributed by atoms with Crippen LogP contribution in [0, 0.1) is 0 Å². The lowest BCUT2D eigenvalue weighted by atomic mass is 10.2. The predicted molar refractivity (Wildman–Crippen MR) is 45.3 cm³/mol. The van der Waals surface area contributed by atoms with Gasteiger partial charge in [-0.15, -0.1) is 0 Å². The monoisotopic (exact) mass is 156 g/mol. The third-order valence-corrected chi connectivity index (χ3v) is 1.47. The third-order valence-electron chi connectivity index (χ3n) is 1.47. The molecule has 0 atom stereocenters. The molecule has 0 amide bonds. The molecule has 0 heterocycles. The lowest BCUT2D eigenvalue weighted by molar-refractivity contribution is -0.140. The number of esters is 1. The Morgan fingerprint density at radius 3 is 2.73 bits per heavy atom. The Kier molecular flexibility index (Phi) is 6.79. The molecule has 0 aromatic carbocycles. The van der Waals surface area contributed by atoms with Gasteiger partial charge in [0.2, 0.25) is 0 Å². The molecule has 2 heteroatoms. The van der Waals surface area contributed by atoms with Crippen LogP contribution in [0.2, 0.25) is 0 Å². The number of hydrogen-bond donors (Lipinski definition) is 0. The van der Waals surface area contributed by atoms with E-state index >= 15 is 0 Å². The van der Waals surface area contributed by atoms with Crippen molar-refractivity contribution in [3.63, 3.8) is 0 Å². The Morgan fingerprint density at radius 2 is 2.18 bits per heavy atom. The fraction of sp³-hybridized carbons (Fsp3) is 0.667. The maximum absolute atomic E-state index is 10.6. The summed E-state index contributed by atoms with van der Waals surface area (Å²) < 4.78 is 4.50.